The maximum atomic E-state index is 12.3. The van der Waals surface area contributed by atoms with Crippen molar-refractivity contribution in [3.8, 4) is 10.8 Å². The number of pyridine rings is 1. The van der Waals surface area contributed by atoms with Gasteiger partial charge in [0.1, 0.15) is 11.6 Å². The lowest BCUT2D eigenvalue weighted by atomic mass is 10.2. The normalized spacial score (nSPS) is 10.9. The molecule has 0 saturated carbocycles. The molecule has 4 rings (SSSR count). The number of carbonyl (C=O) groups is 1. The fourth-order valence-corrected chi connectivity index (χ4v) is 3.32. The summed E-state index contributed by atoms with van der Waals surface area (Å²) in [5.74, 6) is 1.97. The Hall–Kier alpha value is -2.99. The topological polar surface area (TPSA) is 68.0 Å². The van der Waals surface area contributed by atoms with Crippen LogP contribution in [0.2, 0.25) is 0 Å². The Kier molecular flexibility index (Phi) is 4.03. The first-order chi connectivity index (χ1) is 12.2. The van der Waals surface area contributed by atoms with Crippen molar-refractivity contribution in [1.82, 2.24) is 9.97 Å². The maximum Gasteiger partial charge on any atom is 0.231 e. The van der Waals surface area contributed by atoms with E-state index in [9.17, 15) is 4.79 Å². The summed E-state index contributed by atoms with van der Waals surface area (Å²) in [6.45, 7) is 1.89. The molecule has 0 fully saturated rings. The van der Waals surface area contributed by atoms with E-state index in [1.54, 1.807) is 6.07 Å². The molecule has 0 aliphatic carbocycles. The molecule has 0 unspecified atom stereocenters. The number of para-hydroxylation sites is 1. The largest absolute Gasteiger partial charge is 0.459 e. The second-order valence-corrected chi connectivity index (χ2v) is 6.53. The van der Waals surface area contributed by atoms with Crippen molar-refractivity contribution in [2.24, 2.45) is 0 Å². The number of thiazole rings is 1. The lowest BCUT2D eigenvalue weighted by Crippen LogP contribution is -2.15. The van der Waals surface area contributed by atoms with Crippen LogP contribution < -0.4 is 5.32 Å². The fraction of sp³-hybridized carbons (Fsp3) is 0.105. The van der Waals surface area contributed by atoms with Crippen molar-refractivity contribution < 1.29 is 9.21 Å². The van der Waals surface area contributed by atoms with E-state index in [1.165, 1.54) is 11.3 Å². The van der Waals surface area contributed by atoms with E-state index in [4.69, 9.17) is 4.42 Å². The molecule has 1 amide bonds. The minimum atomic E-state index is -0.143. The number of fused-ring (bicyclic) bond motifs is 1. The molecule has 0 radical (unpaired) electrons. The van der Waals surface area contributed by atoms with Gasteiger partial charge in [0.2, 0.25) is 5.91 Å². The number of aromatic nitrogens is 2. The van der Waals surface area contributed by atoms with Gasteiger partial charge in [0.15, 0.2) is 10.8 Å². The average Bonchev–Trinajstić information content (AvgIpc) is 3.23. The van der Waals surface area contributed by atoms with Gasteiger partial charge in [-0.05, 0) is 37.3 Å². The van der Waals surface area contributed by atoms with Crippen LogP contribution >= 0.6 is 11.3 Å². The summed E-state index contributed by atoms with van der Waals surface area (Å²) in [6.07, 6.45) is 0.199. The fourth-order valence-electron chi connectivity index (χ4n) is 2.54. The number of rotatable bonds is 4. The third-order valence-electron chi connectivity index (χ3n) is 3.71. The third kappa shape index (κ3) is 3.44. The standard InChI is InChI=1S/C19H15N3O2S/c1-12-6-8-16(24-12)19-20-14(11-25-19)10-18(23)22-17-9-7-13-4-2-3-5-15(13)21-17/h2-9,11H,10H2,1H3,(H,21,22,23). The number of aryl methyl sites for hydroxylation is 1. The highest BCUT2D eigenvalue weighted by molar-refractivity contribution is 7.13. The summed E-state index contributed by atoms with van der Waals surface area (Å²) in [7, 11) is 0. The molecule has 3 aromatic heterocycles. The van der Waals surface area contributed by atoms with Crippen molar-refractivity contribution in [3.63, 3.8) is 0 Å². The van der Waals surface area contributed by atoms with Crippen LogP contribution in [0.25, 0.3) is 21.7 Å². The number of carbonyl (C=O) groups excluding carboxylic acids is 1. The minimum Gasteiger partial charge on any atom is -0.459 e. The van der Waals surface area contributed by atoms with E-state index < -0.39 is 0 Å². The zero-order valence-electron chi connectivity index (χ0n) is 13.5. The molecular weight excluding hydrogens is 334 g/mol. The number of nitrogens with one attached hydrogen (secondary N) is 1. The molecule has 1 N–H and O–H groups in total. The molecule has 0 saturated heterocycles. The molecule has 0 spiro atoms. The quantitative estimate of drug-likeness (QED) is 0.591. The van der Waals surface area contributed by atoms with Gasteiger partial charge in [0.05, 0.1) is 17.6 Å². The molecule has 0 aliphatic rings. The van der Waals surface area contributed by atoms with Gasteiger partial charge in [-0.1, -0.05) is 18.2 Å². The molecular formula is C19H15N3O2S. The van der Waals surface area contributed by atoms with Crippen molar-refractivity contribution >= 4 is 34.0 Å². The third-order valence-corrected chi connectivity index (χ3v) is 4.62. The number of hydrogen-bond acceptors (Lipinski definition) is 5. The van der Waals surface area contributed by atoms with Crippen LogP contribution in [0.3, 0.4) is 0 Å². The van der Waals surface area contributed by atoms with Crippen LogP contribution in [0.4, 0.5) is 5.82 Å². The Labute approximate surface area is 148 Å². The van der Waals surface area contributed by atoms with E-state index in [0.29, 0.717) is 11.5 Å². The van der Waals surface area contributed by atoms with Crippen LogP contribution in [0.15, 0.2) is 58.3 Å². The number of nitrogens with zero attached hydrogens (tertiary/aromatic N) is 2. The van der Waals surface area contributed by atoms with E-state index in [2.05, 4.69) is 15.3 Å². The molecule has 0 aliphatic heterocycles. The first-order valence-corrected chi connectivity index (χ1v) is 8.72. The maximum absolute atomic E-state index is 12.3. The number of hydrogen-bond donors (Lipinski definition) is 1. The van der Waals surface area contributed by atoms with E-state index in [0.717, 1.165) is 27.4 Å². The monoisotopic (exact) mass is 349 g/mol. The highest BCUT2D eigenvalue weighted by atomic mass is 32.1. The van der Waals surface area contributed by atoms with Crippen LogP contribution in [0.1, 0.15) is 11.5 Å². The Balaban J connectivity index is 1.45. The van der Waals surface area contributed by atoms with Crippen molar-refractivity contribution in [3.05, 3.63) is 65.4 Å². The van der Waals surface area contributed by atoms with E-state index >= 15 is 0 Å². The van der Waals surface area contributed by atoms with Gasteiger partial charge in [0, 0.05) is 10.8 Å². The zero-order chi connectivity index (χ0) is 17.2. The molecule has 25 heavy (non-hydrogen) atoms. The number of furan rings is 1. The van der Waals surface area contributed by atoms with Gasteiger partial charge >= 0.3 is 0 Å². The van der Waals surface area contributed by atoms with E-state index in [1.807, 2.05) is 54.8 Å². The molecule has 6 heteroatoms. The smallest absolute Gasteiger partial charge is 0.231 e. The predicted octanol–water partition coefficient (Wildman–Crippen LogP) is 4.44. The van der Waals surface area contributed by atoms with Gasteiger partial charge in [-0.25, -0.2) is 9.97 Å². The molecule has 0 atom stereocenters. The number of benzene rings is 1. The van der Waals surface area contributed by atoms with Gasteiger partial charge < -0.3 is 9.73 Å². The SMILES string of the molecule is Cc1ccc(-c2nc(CC(=O)Nc3ccc4ccccc4n3)cs2)o1. The molecule has 3 heterocycles. The first kappa shape index (κ1) is 15.5. The van der Waals surface area contributed by atoms with Crippen LogP contribution in [-0.4, -0.2) is 15.9 Å². The molecule has 0 bridgehead atoms. The predicted molar refractivity (Wildman–Crippen MR) is 98.6 cm³/mol. The van der Waals surface area contributed by atoms with Crippen molar-refractivity contribution in [2.75, 3.05) is 5.32 Å². The van der Waals surface area contributed by atoms with Gasteiger partial charge in [-0.15, -0.1) is 11.3 Å². The molecule has 5 nitrogen and oxygen atoms in total. The van der Waals surface area contributed by atoms with Gasteiger partial charge in [0.25, 0.3) is 0 Å². The van der Waals surface area contributed by atoms with Crippen LogP contribution in [0.5, 0.6) is 0 Å². The Morgan fingerprint density at radius 2 is 2.00 bits per heavy atom. The lowest BCUT2D eigenvalue weighted by molar-refractivity contribution is -0.115. The zero-order valence-corrected chi connectivity index (χ0v) is 14.3. The highest BCUT2D eigenvalue weighted by Gasteiger charge is 2.12. The second kappa shape index (κ2) is 6.49. The molecule has 1 aromatic carbocycles. The summed E-state index contributed by atoms with van der Waals surface area (Å²) in [6, 6.07) is 15.3. The van der Waals surface area contributed by atoms with Crippen LogP contribution in [-0.2, 0) is 11.2 Å². The average molecular weight is 349 g/mol. The summed E-state index contributed by atoms with van der Waals surface area (Å²) in [4.78, 5) is 21.2. The van der Waals surface area contributed by atoms with Gasteiger partial charge in [-0.3, -0.25) is 4.79 Å². The molecule has 4 aromatic rings. The Morgan fingerprint density at radius 1 is 1.12 bits per heavy atom. The summed E-state index contributed by atoms with van der Waals surface area (Å²) in [5.41, 5.74) is 1.57. The highest BCUT2D eigenvalue weighted by Crippen LogP contribution is 2.25. The second-order valence-electron chi connectivity index (χ2n) is 5.67. The summed E-state index contributed by atoms with van der Waals surface area (Å²) < 4.78 is 5.56. The van der Waals surface area contributed by atoms with E-state index in [-0.39, 0.29) is 12.3 Å². The van der Waals surface area contributed by atoms with Crippen molar-refractivity contribution in [1.29, 1.82) is 0 Å². The van der Waals surface area contributed by atoms with Gasteiger partial charge in [-0.2, -0.15) is 0 Å². The Bertz CT molecular complexity index is 1050. The number of anilines is 1. The first-order valence-electron chi connectivity index (χ1n) is 7.84. The van der Waals surface area contributed by atoms with Crippen molar-refractivity contribution in [2.45, 2.75) is 13.3 Å². The molecule has 124 valence electrons. The summed E-state index contributed by atoms with van der Waals surface area (Å²) >= 11 is 1.47. The lowest BCUT2D eigenvalue weighted by Gasteiger charge is -2.04. The minimum absolute atomic E-state index is 0.143. The summed E-state index contributed by atoms with van der Waals surface area (Å²) in [5, 5.41) is 6.52. The number of amides is 1. The Morgan fingerprint density at radius 3 is 2.84 bits per heavy atom. The van der Waals surface area contributed by atoms with Crippen LogP contribution in [0, 0.1) is 6.92 Å².